The van der Waals surface area contributed by atoms with Crippen LogP contribution in [0.4, 0.5) is 0 Å². The van der Waals surface area contributed by atoms with E-state index in [1.807, 2.05) is 0 Å². The van der Waals surface area contributed by atoms with E-state index >= 15 is 0 Å². The van der Waals surface area contributed by atoms with Crippen molar-refractivity contribution in [1.82, 2.24) is 14.0 Å². The number of rotatable bonds is 3. The Balaban J connectivity index is 1.27. The Labute approximate surface area is 256 Å². The zero-order valence-electron chi connectivity index (χ0n) is 25.0. The molecule has 0 atom stereocenters. The van der Waals surface area contributed by atoms with E-state index in [1.54, 1.807) is 0 Å². The van der Waals surface area contributed by atoms with E-state index in [9.17, 15) is 0 Å². The molecule has 0 radical (unpaired) electrons. The van der Waals surface area contributed by atoms with Crippen molar-refractivity contribution in [2.75, 3.05) is 0 Å². The van der Waals surface area contributed by atoms with Gasteiger partial charge < -0.3 is 4.40 Å². The van der Waals surface area contributed by atoms with E-state index in [1.165, 1.54) is 54.8 Å². The third-order valence-electron chi connectivity index (χ3n) is 9.19. The SMILES string of the molecule is CC(C)(C)c1cc2c3ccccc3n3c4ccc(-c5cccc(-c6nc7ccccc7n6-c6ccccc6)c5)cc4c(c1)c23. The van der Waals surface area contributed by atoms with Gasteiger partial charge in [-0.1, -0.05) is 93.6 Å². The Hall–Kier alpha value is -5.41. The maximum atomic E-state index is 5.12. The van der Waals surface area contributed by atoms with Crippen LogP contribution in [-0.2, 0) is 5.41 Å². The molecule has 3 nitrogen and oxygen atoms in total. The molecule has 3 heterocycles. The molecule has 0 aliphatic heterocycles. The number of fused-ring (bicyclic) bond motifs is 7. The Morgan fingerprint density at radius 2 is 1.16 bits per heavy atom. The van der Waals surface area contributed by atoms with Crippen molar-refractivity contribution in [2.45, 2.75) is 26.2 Å². The molecule has 9 aromatic rings. The van der Waals surface area contributed by atoms with Crippen LogP contribution in [0.3, 0.4) is 0 Å². The van der Waals surface area contributed by atoms with Crippen LogP contribution in [0.25, 0.3) is 77.3 Å². The molecule has 0 bridgehead atoms. The van der Waals surface area contributed by atoms with Crippen molar-refractivity contribution in [3.8, 4) is 28.2 Å². The molecule has 6 aromatic carbocycles. The molecule has 3 heteroatoms. The summed E-state index contributed by atoms with van der Waals surface area (Å²) in [4.78, 5) is 5.12. The lowest BCUT2D eigenvalue weighted by atomic mass is 9.85. The van der Waals surface area contributed by atoms with Crippen LogP contribution in [0.2, 0.25) is 0 Å². The first-order valence-electron chi connectivity index (χ1n) is 15.3. The van der Waals surface area contributed by atoms with Gasteiger partial charge >= 0.3 is 0 Å². The van der Waals surface area contributed by atoms with Gasteiger partial charge in [-0.2, -0.15) is 0 Å². The predicted molar refractivity (Wildman–Crippen MR) is 185 cm³/mol. The molecule has 0 spiro atoms. The van der Waals surface area contributed by atoms with Crippen molar-refractivity contribution < 1.29 is 0 Å². The summed E-state index contributed by atoms with van der Waals surface area (Å²) < 4.78 is 4.73. The molecular formula is C41H31N3. The molecule has 0 aliphatic rings. The number of aromatic nitrogens is 3. The summed E-state index contributed by atoms with van der Waals surface area (Å²) in [5.41, 5.74) is 11.9. The van der Waals surface area contributed by atoms with E-state index < -0.39 is 0 Å². The number of imidazole rings is 1. The largest absolute Gasteiger partial charge is 0.308 e. The lowest BCUT2D eigenvalue weighted by Crippen LogP contribution is -2.10. The maximum absolute atomic E-state index is 5.12. The van der Waals surface area contributed by atoms with E-state index in [0.717, 1.165) is 28.1 Å². The topological polar surface area (TPSA) is 22.2 Å². The van der Waals surface area contributed by atoms with Crippen molar-refractivity contribution in [1.29, 1.82) is 0 Å². The normalized spacial score (nSPS) is 12.4. The quantitative estimate of drug-likeness (QED) is 0.209. The third kappa shape index (κ3) is 3.59. The van der Waals surface area contributed by atoms with Crippen LogP contribution < -0.4 is 0 Å². The highest BCUT2D eigenvalue weighted by Gasteiger charge is 2.22. The predicted octanol–water partition coefficient (Wildman–Crippen LogP) is 10.8. The monoisotopic (exact) mass is 565 g/mol. The minimum Gasteiger partial charge on any atom is -0.308 e. The Morgan fingerprint density at radius 3 is 1.98 bits per heavy atom. The van der Waals surface area contributed by atoms with Crippen LogP contribution in [0.5, 0.6) is 0 Å². The van der Waals surface area contributed by atoms with E-state index in [4.69, 9.17) is 4.98 Å². The fraction of sp³-hybridized carbons (Fsp3) is 0.0976. The molecule has 210 valence electrons. The number of hydrogen-bond donors (Lipinski definition) is 0. The first-order chi connectivity index (χ1) is 21.5. The second kappa shape index (κ2) is 9.05. The van der Waals surface area contributed by atoms with Gasteiger partial charge in [0.05, 0.1) is 27.6 Å². The minimum atomic E-state index is 0.0484. The summed E-state index contributed by atoms with van der Waals surface area (Å²) >= 11 is 0. The highest BCUT2D eigenvalue weighted by molar-refractivity contribution is 6.24. The van der Waals surface area contributed by atoms with Gasteiger partial charge in [-0.3, -0.25) is 4.57 Å². The Kier molecular flexibility index (Phi) is 5.16. The van der Waals surface area contributed by atoms with Crippen LogP contribution in [0.1, 0.15) is 26.3 Å². The van der Waals surface area contributed by atoms with Gasteiger partial charge in [-0.15, -0.1) is 0 Å². The highest BCUT2D eigenvalue weighted by Crippen LogP contribution is 2.43. The van der Waals surface area contributed by atoms with Gasteiger partial charge in [0, 0.05) is 32.8 Å². The molecule has 3 aromatic heterocycles. The lowest BCUT2D eigenvalue weighted by molar-refractivity contribution is 0.592. The van der Waals surface area contributed by atoms with Crippen LogP contribution in [0.15, 0.2) is 133 Å². The van der Waals surface area contributed by atoms with Gasteiger partial charge in [0.2, 0.25) is 0 Å². The number of nitrogens with zero attached hydrogens (tertiary/aromatic N) is 3. The smallest absolute Gasteiger partial charge is 0.145 e. The molecule has 0 unspecified atom stereocenters. The summed E-state index contributed by atoms with van der Waals surface area (Å²) in [6, 6.07) is 48.3. The highest BCUT2D eigenvalue weighted by atomic mass is 15.1. The zero-order chi connectivity index (χ0) is 29.6. The van der Waals surface area contributed by atoms with Gasteiger partial charge in [0.15, 0.2) is 0 Å². The molecule has 0 fully saturated rings. The van der Waals surface area contributed by atoms with Crippen molar-refractivity contribution in [2.24, 2.45) is 0 Å². The fourth-order valence-electron chi connectivity index (χ4n) is 7.01. The van der Waals surface area contributed by atoms with Crippen molar-refractivity contribution in [3.05, 3.63) is 139 Å². The van der Waals surface area contributed by atoms with Gasteiger partial charge in [-0.05, 0) is 82.8 Å². The minimum absolute atomic E-state index is 0.0484. The second-order valence-electron chi connectivity index (χ2n) is 12.9. The Morgan fingerprint density at radius 1 is 0.500 bits per heavy atom. The van der Waals surface area contributed by atoms with Crippen LogP contribution in [-0.4, -0.2) is 14.0 Å². The van der Waals surface area contributed by atoms with Crippen molar-refractivity contribution in [3.63, 3.8) is 0 Å². The third-order valence-corrected chi connectivity index (χ3v) is 9.19. The second-order valence-corrected chi connectivity index (χ2v) is 12.9. The molecule has 9 rings (SSSR count). The summed E-state index contributed by atoms with van der Waals surface area (Å²) in [7, 11) is 0. The molecule has 0 N–H and O–H groups in total. The van der Waals surface area contributed by atoms with Gasteiger partial charge in [0.1, 0.15) is 5.82 Å². The number of hydrogen-bond acceptors (Lipinski definition) is 1. The van der Waals surface area contributed by atoms with E-state index in [-0.39, 0.29) is 5.41 Å². The van der Waals surface area contributed by atoms with E-state index in [2.05, 4.69) is 163 Å². The first kappa shape index (κ1) is 25.1. The number of para-hydroxylation sites is 4. The number of benzene rings is 6. The standard InChI is InChI=1S/C41H31N3/c1-41(2,3)29-24-33-31-16-7-9-18-36(31)44-37-21-20-27(23-32(37)34(25-29)39(33)44)26-12-11-13-28(22-26)40-42-35-17-8-10-19-38(35)43(40)30-14-5-4-6-15-30/h4-25H,1-3H3. The lowest BCUT2D eigenvalue weighted by Gasteiger charge is -2.19. The van der Waals surface area contributed by atoms with Crippen molar-refractivity contribution >= 4 is 49.1 Å². The van der Waals surface area contributed by atoms with Gasteiger partial charge in [-0.25, -0.2) is 4.98 Å². The molecule has 0 aliphatic carbocycles. The molecule has 0 saturated carbocycles. The maximum Gasteiger partial charge on any atom is 0.145 e. The Bertz CT molecular complexity index is 2520. The molecule has 0 amide bonds. The zero-order valence-corrected chi connectivity index (χ0v) is 25.0. The van der Waals surface area contributed by atoms with Gasteiger partial charge in [0.25, 0.3) is 0 Å². The summed E-state index contributed by atoms with van der Waals surface area (Å²) in [6.07, 6.45) is 0. The average molecular weight is 566 g/mol. The first-order valence-corrected chi connectivity index (χ1v) is 15.3. The summed E-state index contributed by atoms with van der Waals surface area (Å²) in [6.45, 7) is 6.92. The van der Waals surface area contributed by atoms with E-state index in [0.29, 0.717) is 0 Å². The van der Waals surface area contributed by atoms with Crippen LogP contribution in [0, 0.1) is 0 Å². The average Bonchev–Trinajstić information content (AvgIpc) is 3.71. The molecule has 0 saturated heterocycles. The fourth-order valence-corrected chi connectivity index (χ4v) is 7.01. The van der Waals surface area contributed by atoms with Crippen LogP contribution >= 0.6 is 0 Å². The molecule has 44 heavy (non-hydrogen) atoms. The summed E-state index contributed by atoms with van der Waals surface area (Å²) in [5.74, 6) is 0.947. The summed E-state index contributed by atoms with van der Waals surface area (Å²) in [5, 5.41) is 5.27. The molecular weight excluding hydrogens is 534 g/mol.